The second kappa shape index (κ2) is 8.49. The van der Waals surface area contributed by atoms with Crippen LogP contribution in [-0.2, 0) is 11.3 Å². The molecular weight excluding hydrogens is 232 g/mol. The summed E-state index contributed by atoms with van der Waals surface area (Å²) in [4.78, 5) is 10.6. The molecule has 0 aliphatic carbocycles. The number of likely N-dealkylation sites (N-methyl/N-ethyl adjacent to an activating group) is 1. The molecule has 0 saturated heterocycles. The van der Waals surface area contributed by atoms with Gasteiger partial charge >= 0.3 is 6.09 Å². The fraction of sp³-hybridized carbons (Fsp3) is 0.462. The Hall–Kier alpha value is -1.59. The smallest absolute Gasteiger partial charge is 0.405 e. The van der Waals surface area contributed by atoms with Gasteiger partial charge in [0.25, 0.3) is 0 Å². The molecule has 0 aromatic heterocycles. The molecule has 1 unspecified atom stereocenters. The lowest BCUT2D eigenvalue weighted by atomic mass is 10.2. The zero-order valence-electron chi connectivity index (χ0n) is 10.6. The third-order valence-electron chi connectivity index (χ3n) is 2.40. The summed E-state index contributed by atoms with van der Waals surface area (Å²) in [5, 5.41) is 14.2. The number of benzene rings is 1. The quantitative estimate of drug-likeness (QED) is 0.655. The van der Waals surface area contributed by atoms with Gasteiger partial charge in [-0.25, -0.2) is 4.79 Å². The number of carboxylic acid groups (broad SMARTS) is 1. The molecule has 5 heteroatoms. The summed E-state index contributed by atoms with van der Waals surface area (Å²) in [6, 6.07) is 9.57. The van der Waals surface area contributed by atoms with Gasteiger partial charge in [0, 0.05) is 6.54 Å². The average molecular weight is 252 g/mol. The van der Waals surface area contributed by atoms with Crippen molar-refractivity contribution in [3.8, 4) is 0 Å². The molecule has 0 fully saturated rings. The maximum atomic E-state index is 10.6. The maximum Gasteiger partial charge on any atom is 0.405 e. The van der Waals surface area contributed by atoms with Crippen molar-refractivity contribution in [3.63, 3.8) is 0 Å². The van der Waals surface area contributed by atoms with E-state index in [-0.39, 0.29) is 6.04 Å². The van der Waals surface area contributed by atoms with Crippen LogP contribution in [0.15, 0.2) is 30.3 Å². The molecule has 0 radical (unpaired) electrons. The lowest BCUT2D eigenvalue weighted by Crippen LogP contribution is -2.44. The SMILES string of the molecule is CCNCC(COCc1ccccc1)NC(=O)O. The summed E-state index contributed by atoms with van der Waals surface area (Å²) in [6.45, 7) is 4.19. The summed E-state index contributed by atoms with van der Waals surface area (Å²) in [7, 11) is 0. The van der Waals surface area contributed by atoms with Crippen molar-refractivity contribution in [3.05, 3.63) is 35.9 Å². The Morgan fingerprint density at radius 3 is 2.72 bits per heavy atom. The van der Waals surface area contributed by atoms with Gasteiger partial charge in [-0.05, 0) is 12.1 Å². The molecule has 100 valence electrons. The van der Waals surface area contributed by atoms with E-state index in [0.29, 0.717) is 19.8 Å². The normalized spacial score (nSPS) is 12.1. The standard InChI is InChI=1S/C13H20N2O3/c1-2-14-8-12(15-13(16)17)10-18-9-11-6-4-3-5-7-11/h3-7,12,14-15H,2,8-10H2,1H3,(H,16,17). The number of amides is 1. The topological polar surface area (TPSA) is 70.6 Å². The van der Waals surface area contributed by atoms with Crippen molar-refractivity contribution < 1.29 is 14.6 Å². The molecule has 0 aliphatic heterocycles. The van der Waals surface area contributed by atoms with E-state index in [1.165, 1.54) is 0 Å². The van der Waals surface area contributed by atoms with Crippen LogP contribution in [0.1, 0.15) is 12.5 Å². The highest BCUT2D eigenvalue weighted by molar-refractivity contribution is 5.64. The van der Waals surface area contributed by atoms with Gasteiger partial charge in [-0.1, -0.05) is 37.3 Å². The summed E-state index contributed by atoms with van der Waals surface area (Å²) >= 11 is 0. The van der Waals surface area contributed by atoms with Crippen LogP contribution >= 0.6 is 0 Å². The fourth-order valence-corrected chi connectivity index (χ4v) is 1.54. The Morgan fingerprint density at radius 1 is 1.39 bits per heavy atom. The predicted molar refractivity (Wildman–Crippen MR) is 69.6 cm³/mol. The summed E-state index contributed by atoms with van der Waals surface area (Å²) in [6.07, 6.45) is -1.03. The molecule has 3 N–H and O–H groups in total. The van der Waals surface area contributed by atoms with Crippen LogP contribution in [0.25, 0.3) is 0 Å². The van der Waals surface area contributed by atoms with E-state index in [4.69, 9.17) is 9.84 Å². The van der Waals surface area contributed by atoms with E-state index in [1.54, 1.807) is 0 Å². The van der Waals surface area contributed by atoms with Crippen molar-refractivity contribution in [2.24, 2.45) is 0 Å². The number of hydrogen-bond donors (Lipinski definition) is 3. The Balaban J connectivity index is 2.30. The molecule has 5 nitrogen and oxygen atoms in total. The van der Waals surface area contributed by atoms with E-state index in [0.717, 1.165) is 12.1 Å². The van der Waals surface area contributed by atoms with E-state index in [2.05, 4.69) is 10.6 Å². The van der Waals surface area contributed by atoms with Gasteiger partial charge in [0.2, 0.25) is 0 Å². The van der Waals surface area contributed by atoms with E-state index in [1.807, 2.05) is 37.3 Å². The molecule has 0 bridgehead atoms. The van der Waals surface area contributed by atoms with Crippen molar-refractivity contribution in [1.29, 1.82) is 0 Å². The van der Waals surface area contributed by atoms with Crippen molar-refractivity contribution in [2.45, 2.75) is 19.6 Å². The number of rotatable bonds is 8. The highest BCUT2D eigenvalue weighted by Gasteiger charge is 2.10. The van der Waals surface area contributed by atoms with Crippen LogP contribution in [0, 0.1) is 0 Å². The van der Waals surface area contributed by atoms with Crippen molar-refractivity contribution >= 4 is 6.09 Å². The first kappa shape index (κ1) is 14.5. The van der Waals surface area contributed by atoms with E-state index >= 15 is 0 Å². The molecule has 1 amide bonds. The van der Waals surface area contributed by atoms with Gasteiger partial charge in [-0.15, -0.1) is 0 Å². The van der Waals surface area contributed by atoms with Gasteiger partial charge in [-0.3, -0.25) is 0 Å². The lowest BCUT2D eigenvalue weighted by Gasteiger charge is -2.17. The largest absolute Gasteiger partial charge is 0.465 e. The monoisotopic (exact) mass is 252 g/mol. The van der Waals surface area contributed by atoms with Crippen molar-refractivity contribution in [2.75, 3.05) is 19.7 Å². The van der Waals surface area contributed by atoms with Crippen LogP contribution in [0.2, 0.25) is 0 Å². The molecule has 1 aromatic rings. The predicted octanol–water partition coefficient (Wildman–Crippen LogP) is 1.45. The summed E-state index contributed by atoms with van der Waals surface area (Å²) in [5.41, 5.74) is 1.08. The van der Waals surface area contributed by atoms with Gasteiger partial charge in [-0.2, -0.15) is 0 Å². The Morgan fingerprint density at radius 2 is 2.11 bits per heavy atom. The van der Waals surface area contributed by atoms with Crippen LogP contribution in [0.4, 0.5) is 4.79 Å². The fourth-order valence-electron chi connectivity index (χ4n) is 1.54. The highest BCUT2D eigenvalue weighted by atomic mass is 16.5. The number of nitrogens with one attached hydrogen (secondary N) is 2. The molecule has 1 atom stereocenters. The number of hydrogen-bond acceptors (Lipinski definition) is 3. The first-order valence-corrected chi connectivity index (χ1v) is 6.04. The molecule has 0 saturated carbocycles. The van der Waals surface area contributed by atoms with Crippen LogP contribution < -0.4 is 10.6 Å². The van der Waals surface area contributed by atoms with Crippen LogP contribution in [-0.4, -0.2) is 36.9 Å². The molecule has 1 rings (SSSR count). The second-order valence-corrected chi connectivity index (χ2v) is 3.95. The average Bonchev–Trinajstić information content (AvgIpc) is 2.36. The molecular formula is C13H20N2O3. The van der Waals surface area contributed by atoms with Crippen LogP contribution in [0.3, 0.4) is 0 Å². The van der Waals surface area contributed by atoms with Crippen LogP contribution in [0.5, 0.6) is 0 Å². The maximum absolute atomic E-state index is 10.6. The minimum absolute atomic E-state index is 0.230. The third kappa shape index (κ3) is 6.22. The van der Waals surface area contributed by atoms with E-state index in [9.17, 15) is 4.79 Å². The summed E-state index contributed by atoms with van der Waals surface area (Å²) in [5.74, 6) is 0. The van der Waals surface area contributed by atoms with Gasteiger partial charge < -0.3 is 20.5 Å². The van der Waals surface area contributed by atoms with Gasteiger partial charge in [0.1, 0.15) is 0 Å². The summed E-state index contributed by atoms with van der Waals surface area (Å²) < 4.78 is 5.51. The molecule has 0 heterocycles. The Bertz CT molecular complexity index is 343. The molecule has 0 spiro atoms. The minimum atomic E-state index is -1.03. The molecule has 18 heavy (non-hydrogen) atoms. The zero-order chi connectivity index (χ0) is 13.2. The number of carbonyl (C=O) groups is 1. The lowest BCUT2D eigenvalue weighted by molar-refractivity contribution is 0.0962. The van der Waals surface area contributed by atoms with E-state index < -0.39 is 6.09 Å². The van der Waals surface area contributed by atoms with Gasteiger partial charge in [0.15, 0.2) is 0 Å². The third-order valence-corrected chi connectivity index (χ3v) is 2.40. The second-order valence-electron chi connectivity index (χ2n) is 3.95. The Labute approximate surface area is 107 Å². The Kier molecular flexibility index (Phi) is 6.83. The number of ether oxygens (including phenoxy) is 1. The molecule has 1 aromatic carbocycles. The zero-order valence-corrected chi connectivity index (χ0v) is 10.6. The highest BCUT2D eigenvalue weighted by Crippen LogP contribution is 2.00. The van der Waals surface area contributed by atoms with Gasteiger partial charge in [0.05, 0.1) is 19.3 Å². The minimum Gasteiger partial charge on any atom is -0.465 e. The molecule has 0 aliphatic rings. The first-order chi connectivity index (χ1) is 8.72. The first-order valence-electron chi connectivity index (χ1n) is 6.04. The van der Waals surface area contributed by atoms with Crippen molar-refractivity contribution in [1.82, 2.24) is 10.6 Å².